The van der Waals surface area contributed by atoms with Crippen LogP contribution in [0.3, 0.4) is 0 Å². The Labute approximate surface area is 345 Å². The second-order valence-electron chi connectivity index (χ2n) is 15.2. The number of benzene rings is 9. The van der Waals surface area contributed by atoms with Crippen molar-refractivity contribution in [1.29, 1.82) is 0 Å². The average Bonchev–Trinajstić information content (AvgIpc) is 3.86. The van der Waals surface area contributed by atoms with Gasteiger partial charge in [-0.05, 0) is 63.4 Å². The normalized spacial score (nSPS) is 11.7. The number of nitrogens with zero attached hydrogens (tertiary/aromatic N) is 4. The molecule has 0 saturated heterocycles. The smallest absolute Gasteiger partial charge is 0.164 e. The van der Waals surface area contributed by atoms with E-state index in [-0.39, 0.29) is 0 Å². The van der Waals surface area contributed by atoms with Gasteiger partial charge in [0.15, 0.2) is 17.5 Å². The minimum Gasteiger partial charge on any atom is -0.456 e. The molecule has 3 heterocycles. The number of furan rings is 1. The topological polar surface area (TPSA) is 56.7 Å². The third-order valence-electron chi connectivity index (χ3n) is 11.6. The molecule has 0 fully saturated rings. The molecule has 0 amide bonds. The van der Waals surface area contributed by atoms with E-state index in [4.69, 9.17) is 19.4 Å². The van der Waals surface area contributed by atoms with Crippen LogP contribution in [0.25, 0.3) is 117 Å². The van der Waals surface area contributed by atoms with Gasteiger partial charge in [-0.25, -0.2) is 15.0 Å². The fourth-order valence-electron chi connectivity index (χ4n) is 8.72. The van der Waals surface area contributed by atoms with E-state index in [0.29, 0.717) is 17.5 Å². The molecule has 0 bridgehead atoms. The lowest BCUT2D eigenvalue weighted by Crippen LogP contribution is -2.02. The minimum atomic E-state index is 0.568. The van der Waals surface area contributed by atoms with Gasteiger partial charge in [-0.2, -0.15) is 0 Å². The van der Waals surface area contributed by atoms with Crippen LogP contribution in [0.4, 0.5) is 0 Å². The zero-order chi connectivity index (χ0) is 39.6. The van der Waals surface area contributed by atoms with E-state index in [1.54, 1.807) is 0 Å². The SMILES string of the molecule is c1ccc(-c2ccc(-c3nc(-c4ccc(-c5ccccc5)cc4)nc(-c4cc(-n5c6ccccc6c6cc7ccccc7cc65)cc5oc6ccccc6c45)n3)cc2)cc1. The van der Waals surface area contributed by atoms with Crippen LogP contribution in [0, 0.1) is 0 Å². The van der Waals surface area contributed by atoms with Crippen molar-refractivity contribution < 1.29 is 4.42 Å². The Morgan fingerprint density at radius 2 is 0.833 bits per heavy atom. The average molecular weight is 767 g/mol. The van der Waals surface area contributed by atoms with Gasteiger partial charge in [0.1, 0.15) is 11.2 Å². The van der Waals surface area contributed by atoms with Crippen molar-refractivity contribution >= 4 is 54.5 Å². The summed E-state index contributed by atoms with van der Waals surface area (Å²) < 4.78 is 9.05. The molecule has 60 heavy (non-hydrogen) atoms. The van der Waals surface area contributed by atoms with Gasteiger partial charge in [-0.15, -0.1) is 0 Å². The summed E-state index contributed by atoms with van der Waals surface area (Å²) >= 11 is 0. The number of aromatic nitrogens is 4. The van der Waals surface area contributed by atoms with Crippen molar-refractivity contribution in [3.63, 3.8) is 0 Å². The summed E-state index contributed by atoms with van der Waals surface area (Å²) in [6, 6.07) is 72.2. The Bertz CT molecular complexity index is 3470. The van der Waals surface area contributed by atoms with Crippen LogP contribution in [-0.4, -0.2) is 19.5 Å². The van der Waals surface area contributed by atoms with Gasteiger partial charge in [0.05, 0.1) is 16.7 Å². The lowest BCUT2D eigenvalue weighted by Gasteiger charge is -2.13. The molecule has 5 nitrogen and oxygen atoms in total. The Morgan fingerprint density at radius 1 is 0.333 bits per heavy atom. The third kappa shape index (κ3) is 5.67. The summed E-state index contributed by atoms with van der Waals surface area (Å²) in [6.45, 7) is 0. The lowest BCUT2D eigenvalue weighted by atomic mass is 10.0. The van der Waals surface area contributed by atoms with E-state index >= 15 is 0 Å². The maximum atomic E-state index is 6.70. The van der Waals surface area contributed by atoms with Gasteiger partial charge in [0.25, 0.3) is 0 Å². The van der Waals surface area contributed by atoms with E-state index < -0.39 is 0 Å². The number of fused-ring (bicyclic) bond motifs is 7. The zero-order valence-electron chi connectivity index (χ0n) is 32.3. The highest BCUT2D eigenvalue weighted by molar-refractivity contribution is 6.15. The lowest BCUT2D eigenvalue weighted by molar-refractivity contribution is 0.668. The van der Waals surface area contributed by atoms with Crippen LogP contribution in [0.2, 0.25) is 0 Å². The summed E-state index contributed by atoms with van der Waals surface area (Å²) in [5.41, 5.74) is 12.0. The van der Waals surface area contributed by atoms with Crippen molar-refractivity contribution in [3.05, 3.63) is 206 Å². The molecule has 12 rings (SSSR count). The molecule has 9 aromatic carbocycles. The molecule has 12 aromatic rings. The summed E-state index contributed by atoms with van der Waals surface area (Å²) in [6.07, 6.45) is 0. The monoisotopic (exact) mass is 766 g/mol. The third-order valence-corrected chi connectivity index (χ3v) is 11.6. The molecule has 0 aliphatic rings. The van der Waals surface area contributed by atoms with Crippen molar-refractivity contribution in [2.24, 2.45) is 0 Å². The summed E-state index contributed by atoms with van der Waals surface area (Å²) in [4.78, 5) is 15.8. The van der Waals surface area contributed by atoms with Crippen LogP contribution in [-0.2, 0) is 0 Å². The van der Waals surface area contributed by atoms with E-state index in [2.05, 4.69) is 187 Å². The van der Waals surface area contributed by atoms with E-state index in [1.807, 2.05) is 24.3 Å². The summed E-state index contributed by atoms with van der Waals surface area (Å²) in [5, 5.41) is 6.74. The van der Waals surface area contributed by atoms with Crippen molar-refractivity contribution in [2.45, 2.75) is 0 Å². The van der Waals surface area contributed by atoms with Crippen LogP contribution >= 0.6 is 0 Å². The largest absolute Gasteiger partial charge is 0.456 e. The second-order valence-corrected chi connectivity index (χ2v) is 15.2. The number of para-hydroxylation sites is 2. The molecule has 0 unspecified atom stereocenters. The molecule has 0 aliphatic carbocycles. The van der Waals surface area contributed by atoms with Gasteiger partial charge >= 0.3 is 0 Å². The first-order valence-electron chi connectivity index (χ1n) is 20.2. The molecular weight excluding hydrogens is 733 g/mol. The molecule has 3 aromatic heterocycles. The highest BCUT2D eigenvalue weighted by atomic mass is 16.3. The van der Waals surface area contributed by atoms with Crippen LogP contribution in [0.1, 0.15) is 0 Å². The highest BCUT2D eigenvalue weighted by Gasteiger charge is 2.22. The molecule has 0 radical (unpaired) electrons. The maximum absolute atomic E-state index is 6.70. The van der Waals surface area contributed by atoms with E-state index in [9.17, 15) is 0 Å². The highest BCUT2D eigenvalue weighted by Crippen LogP contribution is 2.41. The van der Waals surface area contributed by atoms with Gasteiger partial charge in [0.2, 0.25) is 0 Å². The molecular formula is C55H34N4O. The predicted octanol–water partition coefficient (Wildman–Crippen LogP) is 14.4. The van der Waals surface area contributed by atoms with Crippen molar-refractivity contribution in [3.8, 4) is 62.1 Å². The molecule has 0 saturated carbocycles. The molecule has 0 aliphatic heterocycles. The Morgan fingerprint density at radius 3 is 1.48 bits per heavy atom. The molecule has 280 valence electrons. The first-order chi connectivity index (χ1) is 29.7. The molecule has 0 spiro atoms. The fraction of sp³-hybridized carbons (Fsp3) is 0. The van der Waals surface area contributed by atoms with Gasteiger partial charge in [-0.1, -0.05) is 170 Å². The first kappa shape index (κ1) is 33.9. The maximum Gasteiger partial charge on any atom is 0.164 e. The number of hydrogen-bond donors (Lipinski definition) is 0. The first-order valence-corrected chi connectivity index (χ1v) is 20.2. The van der Waals surface area contributed by atoms with Gasteiger partial charge in [-0.3, -0.25) is 0 Å². The molecule has 5 heteroatoms. The Balaban J connectivity index is 1.11. The number of hydrogen-bond acceptors (Lipinski definition) is 4. The Hall–Kier alpha value is -8.15. The van der Waals surface area contributed by atoms with Gasteiger partial charge < -0.3 is 8.98 Å². The minimum absolute atomic E-state index is 0.568. The Kier molecular flexibility index (Phi) is 7.78. The van der Waals surface area contributed by atoms with Gasteiger partial charge in [0, 0.05) is 44.3 Å². The van der Waals surface area contributed by atoms with Crippen LogP contribution in [0.5, 0.6) is 0 Å². The van der Waals surface area contributed by atoms with Crippen LogP contribution in [0.15, 0.2) is 211 Å². The molecule has 0 atom stereocenters. The molecule has 0 N–H and O–H groups in total. The number of rotatable bonds is 6. The summed E-state index contributed by atoms with van der Waals surface area (Å²) in [5.74, 6) is 1.76. The predicted molar refractivity (Wildman–Crippen MR) is 246 cm³/mol. The van der Waals surface area contributed by atoms with Crippen LogP contribution < -0.4 is 0 Å². The fourth-order valence-corrected chi connectivity index (χ4v) is 8.72. The van der Waals surface area contributed by atoms with E-state index in [1.165, 1.54) is 21.5 Å². The van der Waals surface area contributed by atoms with Crippen molar-refractivity contribution in [2.75, 3.05) is 0 Å². The standard InChI is InChI=1S/C55H34N4O/c1-3-13-35(14-4-1)37-23-27-39(28-24-37)53-56-54(40-29-25-38(26-30-40)36-15-5-2-6-16-36)58-55(57-53)47-33-43(34-51-52(47)45-20-10-12-22-50(45)60-51)59-48-21-11-9-19-44(48)46-31-41-17-7-8-18-42(41)32-49(46)59/h1-34H. The van der Waals surface area contributed by atoms with Crippen molar-refractivity contribution in [1.82, 2.24) is 19.5 Å². The van der Waals surface area contributed by atoms with E-state index in [0.717, 1.165) is 77.6 Å². The quantitative estimate of drug-likeness (QED) is 0.169. The summed E-state index contributed by atoms with van der Waals surface area (Å²) in [7, 11) is 0. The zero-order valence-corrected chi connectivity index (χ0v) is 32.3. The second kappa shape index (κ2) is 13.8.